The summed E-state index contributed by atoms with van der Waals surface area (Å²) in [6.07, 6.45) is 2.85. The molecule has 1 aromatic heterocycles. The Morgan fingerprint density at radius 1 is 0.884 bits per heavy atom. The first-order valence-electron chi connectivity index (χ1n) is 23.2. The van der Waals surface area contributed by atoms with Crippen molar-refractivity contribution in [2.24, 2.45) is 5.92 Å². The molecule has 6 heterocycles. The second-order valence-corrected chi connectivity index (χ2v) is 20.0. The number of carbonyl (C=O) groups is 3. The molecule has 3 amide bonds. The molecule has 0 saturated carbocycles. The summed E-state index contributed by atoms with van der Waals surface area (Å²) in [7, 11) is -4.24. The number of carbonyl (C=O) groups excluding carboxylic acids is 3. The summed E-state index contributed by atoms with van der Waals surface area (Å²) in [6, 6.07) is 19.2. The van der Waals surface area contributed by atoms with Gasteiger partial charge in [0.2, 0.25) is 11.8 Å². The number of halogens is 2. The first-order chi connectivity index (χ1) is 33.2. The summed E-state index contributed by atoms with van der Waals surface area (Å²) in [4.78, 5) is 64.8. The number of hydrogen-bond acceptors (Lipinski definition) is 12. The number of anilines is 3. The number of nitrogens with zero attached hydrogens (tertiary/aromatic N) is 8. The van der Waals surface area contributed by atoms with E-state index in [4.69, 9.17) is 4.74 Å². The monoisotopic (exact) mass is 960 g/mol. The van der Waals surface area contributed by atoms with E-state index in [-0.39, 0.29) is 54.6 Å². The highest BCUT2D eigenvalue weighted by molar-refractivity contribution is 7.90. The molecule has 4 aromatic carbocycles. The van der Waals surface area contributed by atoms with Gasteiger partial charge in [0.25, 0.3) is 11.5 Å². The van der Waals surface area contributed by atoms with E-state index in [1.807, 2.05) is 36.4 Å². The molecule has 17 nitrogen and oxygen atoms in total. The van der Waals surface area contributed by atoms with Gasteiger partial charge in [-0.25, -0.2) is 13.8 Å². The third-order valence-corrected chi connectivity index (χ3v) is 15.6. The Morgan fingerprint density at radius 3 is 2.35 bits per heavy atom. The zero-order valence-electron chi connectivity index (χ0n) is 37.9. The van der Waals surface area contributed by atoms with Gasteiger partial charge in [0.05, 0.1) is 22.3 Å². The van der Waals surface area contributed by atoms with E-state index in [9.17, 15) is 37.2 Å². The van der Waals surface area contributed by atoms with Crippen LogP contribution in [0, 0.1) is 30.0 Å². The Morgan fingerprint density at radius 2 is 1.64 bits per heavy atom. The van der Waals surface area contributed by atoms with E-state index in [0.717, 1.165) is 97.6 Å². The molecule has 5 aliphatic heterocycles. The van der Waals surface area contributed by atoms with Crippen LogP contribution in [-0.4, -0.2) is 121 Å². The van der Waals surface area contributed by atoms with Crippen molar-refractivity contribution in [3.63, 3.8) is 0 Å². The van der Waals surface area contributed by atoms with Crippen LogP contribution in [0.2, 0.25) is 0 Å². The molecule has 358 valence electrons. The Balaban J connectivity index is 0.738. The number of amides is 3. The highest BCUT2D eigenvalue weighted by Crippen LogP contribution is 2.37. The van der Waals surface area contributed by atoms with Crippen LogP contribution in [0.1, 0.15) is 59.2 Å². The molecule has 2 atom stereocenters. The number of imide groups is 1. The number of nitriles is 1. The Labute approximate surface area is 397 Å². The smallest absolute Gasteiger partial charge is 0.301 e. The minimum absolute atomic E-state index is 0.0156. The molecular formula is C49H50F2N10O7S. The number of aromatic nitrogens is 2. The Kier molecular flexibility index (Phi) is 12.3. The fraction of sp³-hybridized carbons (Fsp3) is 0.388. The largest absolute Gasteiger partial charge is 0.453 e. The highest BCUT2D eigenvalue weighted by atomic mass is 32.2. The van der Waals surface area contributed by atoms with Gasteiger partial charge in [0, 0.05) is 88.8 Å². The van der Waals surface area contributed by atoms with E-state index >= 15 is 4.39 Å². The number of alkyl halides is 1. The molecule has 69 heavy (non-hydrogen) atoms. The van der Waals surface area contributed by atoms with Gasteiger partial charge in [-0.05, 0) is 116 Å². The van der Waals surface area contributed by atoms with Gasteiger partial charge in [0.15, 0.2) is 11.6 Å². The Bertz CT molecular complexity index is 3090. The molecule has 0 radical (unpaired) electrons. The van der Waals surface area contributed by atoms with Crippen molar-refractivity contribution in [2.45, 2.75) is 57.8 Å². The summed E-state index contributed by atoms with van der Waals surface area (Å²) in [6.45, 7) is 8.45. The maximum absolute atomic E-state index is 15.2. The van der Waals surface area contributed by atoms with Crippen molar-refractivity contribution >= 4 is 55.9 Å². The fourth-order valence-electron chi connectivity index (χ4n) is 10.3. The lowest BCUT2D eigenvalue weighted by Gasteiger charge is -2.40. The summed E-state index contributed by atoms with van der Waals surface area (Å²) in [5.41, 5.74) is 4.69. The van der Waals surface area contributed by atoms with Gasteiger partial charge in [-0.2, -0.15) is 18.0 Å². The lowest BCUT2D eigenvalue weighted by Crippen LogP contribution is -2.52. The number of nitrogens with one attached hydrogen (secondary N) is 2. The van der Waals surface area contributed by atoms with Gasteiger partial charge in [-0.15, -0.1) is 0 Å². The SMILES string of the molecule is Cc1c(N2CCC(CN3CCN(c4ccc(-n5cnc6ccc(Oc7c(F)ccc(NS(=O)(=O)N8CC[C@@H](F)C8)c7C#N)cc6c5=O)cc4)CC3)CC2)ccc2c1CN(C1CCC(=O)NC1=O)C2=O. The molecular weight excluding hydrogens is 911 g/mol. The van der Waals surface area contributed by atoms with Crippen molar-refractivity contribution in [3.8, 4) is 23.3 Å². The number of piperazine rings is 1. The molecule has 2 N–H and O–H groups in total. The van der Waals surface area contributed by atoms with E-state index in [1.165, 1.54) is 29.1 Å². The summed E-state index contributed by atoms with van der Waals surface area (Å²) >= 11 is 0. The first kappa shape index (κ1) is 45.8. The van der Waals surface area contributed by atoms with Crippen LogP contribution < -0.4 is 30.1 Å². The van der Waals surface area contributed by atoms with Gasteiger partial charge in [0.1, 0.15) is 35.9 Å². The molecule has 1 unspecified atom stereocenters. The van der Waals surface area contributed by atoms with Crippen LogP contribution in [0.4, 0.5) is 25.8 Å². The molecule has 5 aromatic rings. The minimum atomic E-state index is -4.24. The maximum atomic E-state index is 15.2. The van der Waals surface area contributed by atoms with Crippen molar-refractivity contribution in [1.82, 2.24) is 29.0 Å². The predicted molar refractivity (Wildman–Crippen MR) is 253 cm³/mol. The van der Waals surface area contributed by atoms with E-state index < -0.39 is 51.0 Å². The first-order valence-corrected chi connectivity index (χ1v) is 24.6. The lowest BCUT2D eigenvalue weighted by atomic mass is 9.94. The average molecular weight is 961 g/mol. The Hall–Kier alpha value is -6.95. The zero-order chi connectivity index (χ0) is 48.1. The third kappa shape index (κ3) is 8.97. The standard InChI is InChI=1S/C49H50F2N10O7S/c1-30-39-28-60(44-12-13-45(62)54-47(44)63)48(64)36(39)7-11-43(30)58-17-14-31(15-18-58)26-56-20-22-57(23-21-56)33-2-4-34(5-3-33)61-29-53-41-9-6-35(24-37(41)49(61)65)68-46-38(25-52)42(10-8-40(46)51)55-69(66,67)59-19-16-32(50)27-59/h2-11,24,29,31-32,44,55H,12-23,26-28H2,1H3,(H,54,62,63)/t32-,44?/m1/s1. The van der Waals surface area contributed by atoms with Crippen LogP contribution in [0.25, 0.3) is 16.6 Å². The van der Waals surface area contributed by atoms with Crippen molar-refractivity contribution in [2.75, 3.05) is 73.4 Å². The number of rotatable bonds is 11. The molecule has 20 heteroatoms. The van der Waals surface area contributed by atoms with Gasteiger partial charge in [-0.3, -0.25) is 38.7 Å². The average Bonchev–Trinajstić information content (AvgIpc) is 3.94. The van der Waals surface area contributed by atoms with Crippen molar-refractivity contribution in [3.05, 3.63) is 111 Å². The topological polar surface area (TPSA) is 194 Å². The predicted octanol–water partition coefficient (Wildman–Crippen LogP) is 5.00. The molecule has 0 bridgehead atoms. The molecule has 10 rings (SSSR count). The van der Waals surface area contributed by atoms with Crippen LogP contribution in [0.5, 0.6) is 11.5 Å². The van der Waals surface area contributed by atoms with Crippen LogP contribution in [0.15, 0.2) is 77.9 Å². The molecule has 5 aliphatic rings. The minimum Gasteiger partial charge on any atom is -0.453 e. The van der Waals surface area contributed by atoms with Gasteiger partial charge in [-0.1, -0.05) is 0 Å². The lowest BCUT2D eigenvalue weighted by molar-refractivity contribution is -0.136. The van der Waals surface area contributed by atoms with E-state index in [2.05, 4.69) is 36.6 Å². The van der Waals surface area contributed by atoms with E-state index in [0.29, 0.717) is 35.7 Å². The summed E-state index contributed by atoms with van der Waals surface area (Å²) in [5.74, 6) is -1.76. The van der Waals surface area contributed by atoms with Gasteiger partial charge >= 0.3 is 10.2 Å². The van der Waals surface area contributed by atoms with Gasteiger partial charge < -0.3 is 19.4 Å². The number of benzene rings is 4. The second kappa shape index (κ2) is 18.5. The summed E-state index contributed by atoms with van der Waals surface area (Å²) < 4.78 is 65.2. The molecule has 4 fully saturated rings. The van der Waals surface area contributed by atoms with Crippen molar-refractivity contribution < 1.29 is 36.3 Å². The normalized spacial score (nSPS) is 20.6. The maximum Gasteiger partial charge on any atom is 0.301 e. The van der Waals surface area contributed by atoms with Crippen LogP contribution in [0.3, 0.4) is 0 Å². The molecule has 0 spiro atoms. The quantitative estimate of drug-likeness (QED) is 0.169. The van der Waals surface area contributed by atoms with Crippen LogP contribution >= 0.6 is 0 Å². The highest BCUT2D eigenvalue weighted by Gasteiger charge is 2.40. The third-order valence-electron chi connectivity index (χ3n) is 14.2. The number of fused-ring (bicyclic) bond motifs is 2. The number of ether oxygens (including phenoxy) is 1. The number of hydrogen-bond donors (Lipinski definition) is 2. The zero-order valence-corrected chi connectivity index (χ0v) is 38.7. The van der Waals surface area contributed by atoms with E-state index in [1.54, 1.807) is 11.0 Å². The fourth-order valence-corrected chi connectivity index (χ4v) is 11.6. The number of piperidine rings is 2. The second-order valence-electron chi connectivity index (χ2n) is 18.3. The summed E-state index contributed by atoms with van der Waals surface area (Å²) in [5, 5.41) is 12.5. The molecule has 0 aliphatic carbocycles. The van der Waals surface area contributed by atoms with Crippen LogP contribution in [-0.2, 0) is 26.3 Å². The molecule has 4 saturated heterocycles. The van der Waals surface area contributed by atoms with Crippen molar-refractivity contribution in [1.29, 1.82) is 5.26 Å².